The average molecular weight is 228 g/mol. The Bertz CT molecular complexity index is 373. The molecular weight excluding hydrogens is 218 g/mol. The molecule has 0 aliphatic carbocycles. The first kappa shape index (κ1) is 11.5. The van der Waals surface area contributed by atoms with Gasteiger partial charge in [0.1, 0.15) is 6.61 Å². The standard InChI is InChI=1S/C10H10ClNO3/c1-2-15-12-9(10(13)14)7-3-5-8(11)6-4-7/h3-6H,2H2,1H3,(H,13,14). The molecule has 5 heteroatoms. The molecule has 0 saturated carbocycles. The third-order valence-electron chi connectivity index (χ3n) is 1.61. The zero-order valence-corrected chi connectivity index (χ0v) is 8.86. The number of hydrogen-bond donors (Lipinski definition) is 1. The molecule has 1 N–H and O–H groups in total. The lowest BCUT2D eigenvalue weighted by molar-refractivity contribution is -0.129. The van der Waals surface area contributed by atoms with Gasteiger partial charge in [0.05, 0.1) is 0 Å². The molecule has 0 atom stereocenters. The van der Waals surface area contributed by atoms with Gasteiger partial charge in [0.2, 0.25) is 0 Å². The van der Waals surface area contributed by atoms with Crippen LogP contribution in [-0.4, -0.2) is 23.4 Å². The van der Waals surface area contributed by atoms with E-state index in [1.807, 2.05) is 0 Å². The van der Waals surface area contributed by atoms with E-state index < -0.39 is 5.97 Å². The SMILES string of the molecule is CCON=C(C(=O)O)c1ccc(Cl)cc1. The molecule has 0 aliphatic heterocycles. The molecule has 0 aromatic heterocycles. The lowest BCUT2D eigenvalue weighted by Crippen LogP contribution is -2.15. The fraction of sp³-hybridized carbons (Fsp3) is 0.200. The fourth-order valence-corrected chi connectivity index (χ4v) is 1.08. The molecule has 1 rings (SSSR count). The minimum absolute atomic E-state index is 0.131. The quantitative estimate of drug-likeness (QED) is 0.634. The Labute approximate surface area is 92.1 Å². The summed E-state index contributed by atoms with van der Waals surface area (Å²) in [5, 5.41) is 12.9. The molecule has 0 spiro atoms. The molecule has 0 amide bonds. The summed E-state index contributed by atoms with van der Waals surface area (Å²) in [5.41, 5.74) is 0.328. The van der Waals surface area contributed by atoms with E-state index in [9.17, 15) is 4.79 Å². The predicted octanol–water partition coefficient (Wildman–Crippen LogP) is 2.17. The molecule has 0 aliphatic rings. The predicted molar refractivity (Wildman–Crippen MR) is 57.3 cm³/mol. The van der Waals surface area contributed by atoms with Crippen LogP contribution in [0.4, 0.5) is 0 Å². The van der Waals surface area contributed by atoms with Crippen molar-refractivity contribution >= 4 is 23.3 Å². The van der Waals surface area contributed by atoms with Gasteiger partial charge < -0.3 is 9.94 Å². The third-order valence-corrected chi connectivity index (χ3v) is 1.86. The zero-order chi connectivity index (χ0) is 11.3. The van der Waals surface area contributed by atoms with Gasteiger partial charge >= 0.3 is 5.97 Å². The van der Waals surface area contributed by atoms with E-state index >= 15 is 0 Å². The second-order valence-electron chi connectivity index (χ2n) is 2.67. The van der Waals surface area contributed by atoms with Crippen LogP contribution >= 0.6 is 11.6 Å². The number of rotatable bonds is 4. The molecule has 1 aromatic rings. The van der Waals surface area contributed by atoms with Gasteiger partial charge in [0.25, 0.3) is 0 Å². The monoisotopic (exact) mass is 227 g/mol. The largest absolute Gasteiger partial charge is 0.476 e. The van der Waals surface area contributed by atoms with Gasteiger partial charge in [-0.05, 0) is 19.1 Å². The Balaban J connectivity index is 2.99. The van der Waals surface area contributed by atoms with Gasteiger partial charge in [0, 0.05) is 10.6 Å². The van der Waals surface area contributed by atoms with Crippen molar-refractivity contribution in [1.82, 2.24) is 0 Å². The number of aliphatic carboxylic acids is 1. The number of hydrogen-bond acceptors (Lipinski definition) is 3. The molecule has 15 heavy (non-hydrogen) atoms. The van der Waals surface area contributed by atoms with Crippen LogP contribution < -0.4 is 0 Å². The van der Waals surface area contributed by atoms with Crippen molar-refractivity contribution in [3.63, 3.8) is 0 Å². The van der Waals surface area contributed by atoms with Crippen molar-refractivity contribution in [3.05, 3.63) is 34.9 Å². The van der Waals surface area contributed by atoms with Crippen LogP contribution in [0.2, 0.25) is 5.02 Å². The van der Waals surface area contributed by atoms with Gasteiger partial charge in [-0.3, -0.25) is 0 Å². The number of nitrogens with zero attached hydrogens (tertiary/aromatic N) is 1. The molecule has 0 saturated heterocycles. The lowest BCUT2D eigenvalue weighted by Gasteiger charge is -2.01. The minimum Gasteiger partial charge on any atom is -0.476 e. The Morgan fingerprint density at radius 3 is 2.53 bits per heavy atom. The highest BCUT2D eigenvalue weighted by Gasteiger charge is 2.13. The lowest BCUT2D eigenvalue weighted by atomic mass is 10.1. The molecule has 0 bridgehead atoms. The number of oxime groups is 1. The van der Waals surface area contributed by atoms with Crippen LogP contribution in [0.15, 0.2) is 29.4 Å². The van der Waals surface area contributed by atoms with E-state index in [-0.39, 0.29) is 5.71 Å². The van der Waals surface area contributed by atoms with E-state index in [0.717, 1.165) is 0 Å². The van der Waals surface area contributed by atoms with Crippen molar-refractivity contribution in [2.45, 2.75) is 6.92 Å². The first-order chi connectivity index (χ1) is 7.15. The second-order valence-corrected chi connectivity index (χ2v) is 3.11. The Morgan fingerprint density at radius 1 is 1.47 bits per heavy atom. The normalized spacial score (nSPS) is 11.2. The Hall–Kier alpha value is -1.55. The van der Waals surface area contributed by atoms with Crippen LogP contribution in [0.25, 0.3) is 0 Å². The topological polar surface area (TPSA) is 58.9 Å². The smallest absolute Gasteiger partial charge is 0.358 e. The summed E-state index contributed by atoms with van der Waals surface area (Å²) in [6.07, 6.45) is 0. The maximum Gasteiger partial charge on any atom is 0.358 e. The van der Waals surface area contributed by atoms with Crippen LogP contribution in [-0.2, 0) is 9.63 Å². The average Bonchev–Trinajstić information content (AvgIpc) is 2.21. The number of halogens is 1. The summed E-state index contributed by atoms with van der Waals surface area (Å²) >= 11 is 5.68. The summed E-state index contributed by atoms with van der Waals surface area (Å²) in [6, 6.07) is 6.35. The van der Waals surface area contributed by atoms with Crippen LogP contribution in [0.5, 0.6) is 0 Å². The van der Waals surface area contributed by atoms with Crippen molar-refractivity contribution in [2.24, 2.45) is 5.16 Å². The summed E-state index contributed by atoms with van der Waals surface area (Å²) in [7, 11) is 0. The second kappa shape index (κ2) is 5.36. The summed E-state index contributed by atoms with van der Waals surface area (Å²) in [6.45, 7) is 2.05. The van der Waals surface area contributed by atoms with Gasteiger partial charge in [-0.1, -0.05) is 28.9 Å². The summed E-state index contributed by atoms with van der Waals surface area (Å²) in [4.78, 5) is 15.6. The zero-order valence-electron chi connectivity index (χ0n) is 8.11. The Kier molecular flexibility index (Phi) is 4.12. The fourth-order valence-electron chi connectivity index (χ4n) is 0.952. The number of carboxylic acids is 1. The van der Waals surface area contributed by atoms with E-state index in [4.69, 9.17) is 21.5 Å². The van der Waals surface area contributed by atoms with Gasteiger partial charge in [-0.2, -0.15) is 0 Å². The minimum atomic E-state index is -1.13. The first-order valence-corrected chi connectivity index (χ1v) is 4.72. The van der Waals surface area contributed by atoms with Gasteiger partial charge in [-0.15, -0.1) is 0 Å². The molecule has 0 unspecified atom stereocenters. The van der Waals surface area contributed by atoms with Gasteiger partial charge in [0.15, 0.2) is 5.71 Å². The highest BCUT2D eigenvalue weighted by Crippen LogP contribution is 2.10. The maximum atomic E-state index is 10.8. The van der Waals surface area contributed by atoms with Crippen molar-refractivity contribution < 1.29 is 14.7 Å². The number of benzene rings is 1. The van der Waals surface area contributed by atoms with Crippen molar-refractivity contribution in [1.29, 1.82) is 0 Å². The maximum absolute atomic E-state index is 10.8. The van der Waals surface area contributed by atoms with Crippen LogP contribution in [0, 0.1) is 0 Å². The molecule has 0 fully saturated rings. The summed E-state index contributed by atoms with van der Waals surface area (Å²) in [5.74, 6) is -1.13. The van der Waals surface area contributed by atoms with E-state index in [1.165, 1.54) is 0 Å². The molecule has 4 nitrogen and oxygen atoms in total. The highest BCUT2D eigenvalue weighted by atomic mass is 35.5. The highest BCUT2D eigenvalue weighted by molar-refractivity contribution is 6.42. The van der Waals surface area contributed by atoms with Crippen LogP contribution in [0.3, 0.4) is 0 Å². The van der Waals surface area contributed by atoms with Crippen molar-refractivity contribution in [2.75, 3.05) is 6.61 Å². The molecule has 80 valence electrons. The van der Waals surface area contributed by atoms with E-state index in [2.05, 4.69) is 5.16 Å². The van der Waals surface area contributed by atoms with Crippen LogP contribution in [0.1, 0.15) is 12.5 Å². The Morgan fingerprint density at radius 2 is 2.07 bits per heavy atom. The summed E-state index contributed by atoms with van der Waals surface area (Å²) < 4.78 is 0. The first-order valence-electron chi connectivity index (χ1n) is 4.34. The van der Waals surface area contributed by atoms with Gasteiger partial charge in [-0.25, -0.2) is 4.79 Å². The van der Waals surface area contributed by atoms with E-state index in [1.54, 1.807) is 31.2 Å². The molecule has 0 heterocycles. The molecule has 0 radical (unpaired) electrons. The molecular formula is C10H10ClNO3. The van der Waals surface area contributed by atoms with Crippen molar-refractivity contribution in [3.8, 4) is 0 Å². The number of carbonyl (C=O) groups is 1. The third kappa shape index (κ3) is 3.25. The van der Waals surface area contributed by atoms with E-state index in [0.29, 0.717) is 17.2 Å². The number of carboxylic acid groups (broad SMARTS) is 1. The molecule has 1 aromatic carbocycles.